The Balaban J connectivity index is 2.14. The van der Waals surface area contributed by atoms with Crippen molar-refractivity contribution in [3.8, 4) is 0 Å². The van der Waals surface area contributed by atoms with Crippen LogP contribution in [0.5, 0.6) is 0 Å². The lowest BCUT2D eigenvalue weighted by Crippen LogP contribution is -2.22. The van der Waals surface area contributed by atoms with Gasteiger partial charge in [-0.15, -0.1) is 0 Å². The second-order valence-electron chi connectivity index (χ2n) is 3.90. The lowest BCUT2D eigenvalue weighted by molar-refractivity contribution is 0.716. The van der Waals surface area contributed by atoms with Gasteiger partial charge in [-0.1, -0.05) is 6.07 Å². The molecule has 0 saturated heterocycles. The van der Waals surface area contributed by atoms with Crippen molar-refractivity contribution in [1.82, 2.24) is 14.1 Å². The third-order valence-electron chi connectivity index (χ3n) is 2.55. The topological polar surface area (TPSA) is 51.9 Å². The molecule has 0 saturated carbocycles. The average molecular weight is 232 g/mol. The van der Waals surface area contributed by atoms with Crippen LogP contribution in [-0.4, -0.2) is 20.7 Å². The zero-order valence-electron chi connectivity index (χ0n) is 10.1. The second-order valence-corrected chi connectivity index (χ2v) is 3.90. The molecule has 0 fully saturated rings. The number of nitrogens with zero attached hydrogens (tertiary/aromatic N) is 3. The first-order chi connectivity index (χ1) is 8.20. The smallest absolute Gasteiger partial charge is 0.328 e. The molecule has 5 nitrogen and oxygen atoms in total. The van der Waals surface area contributed by atoms with Gasteiger partial charge in [-0.2, -0.15) is 0 Å². The number of aryl methyl sites for hydroxylation is 1. The first-order valence-electron chi connectivity index (χ1n) is 5.61. The van der Waals surface area contributed by atoms with E-state index in [0.29, 0.717) is 6.54 Å². The molecule has 0 radical (unpaired) electrons. The van der Waals surface area contributed by atoms with Crippen LogP contribution in [0.15, 0.2) is 35.5 Å². The van der Waals surface area contributed by atoms with Gasteiger partial charge >= 0.3 is 5.69 Å². The maximum Gasteiger partial charge on any atom is 0.328 e. The Morgan fingerprint density at radius 3 is 2.71 bits per heavy atom. The van der Waals surface area contributed by atoms with Gasteiger partial charge < -0.3 is 9.88 Å². The van der Waals surface area contributed by atoms with Crippen LogP contribution < -0.4 is 11.0 Å². The summed E-state index contributed by atoms with van der Waals surface area (Å²) in [5.41, 5.74) is 1.00. The summed E-state index contributed by atoms with van der Waals surface area (Å²) in [7, 11) is 1.74. The van der Waals surface area contributed by atoms with E-state index in [4.69, 9.17) is 0 Å². The van der Waals surface area contributed by atoms with Crippen LogP contribution >= 0.6 is 0 Å². The first-order valence-corrected chi connectivity index (χ1v) is 5.61. The van der Waals surface area contributed by atoms with Crippen LogP contribution in [-0.2, 0) is 13.6 Å². The van der Waals surface area contributed by atoms with Crippen molar-refractivity contribution in [2.24, 2.45) is 7.05 Å². The van der Waals surface area contributed by atoms with E-state index in [2.05, 4.69) is 10.3 Å². The lowest BCUT2D eigenvalue weighted by Gasteiger charge is -2.04. The van der Waals surface area contributed by atoms with Crippen molar-refractivity contribution < 1.29 is 0 Å². The molecule has 2 aromatic rings. The van der Waals surface area contributed by atoms with Crippen molar-refractivity contribution in [1.29, 1.82) is 0 Å². The quantitative estimate of drug-likeness (QED) is 0.857. The van der Waals surface area contributed by atoms with Crippen LogP contribution in [0.4, 0.5) is 5.82 Å². The fourth-order valence-electron chi connectivity index (χ4n) is 1.63. The Morgan fingerprint density at radius 1 is 1.35 bits per heavy atom. The summed E-state index contributed by atoms with van der Waals surface area (Å²) in [4.78, 5) is 15.9. The van der Waals surface area contributed by atoms with Gasteiger partial charge in [0.2, 0.25) is 0 Å². The molecular weight excluding hydrogens is 216 g/mol. The third-order valence-corrected chi connectivity index (χ3v) is 2.55. The Morgan fingerprint density at radius 2 is 2.18 bits per heavy atom. The molecule has 1 N–H and O–H groups in total. The van der Waals surface area contributed by atoms with Crippen molar-refractivity contribution in [3.63, 3.8) is 0 Å². The predicted molar refractivity (Wildman–Crippen MR) is 67.2 cm³/mol. The molecule has 17 heavy (non-hydrogen) atoms. The maximum absolute atomic E-state index is 11.6. The minimum atomic E-state index is -0.0132. The molecule has 2 heterocycles. The van der Waals surface area contributed by atoms with Crippen molar-refractivity contribution >= 4 is 5.82 Å². The maximum atomic E-state index is 11.6. The highest BCUT2D eigenvalue weighted by Crippen LogP contribution is 2.05. The molecular formula is C12H16N4O. The summed E-state index contributed by atoms with van der Waals surface area (Å²) in [6.07, 6.45) is 5.32. The van der Waals surface area contributed by atoms with Crippen LogP contribution in [0.3, 0.4) is 0 Å². The lowest BCUT2D eigenvalue weighted by atomic mass is 10.3. The minimum absolute atomic E-state index is 0.0132. The largest absolute Gasteiger partial charge is 0.370 e. The molecule has 0 unspecified atom stereocenters. The van der Waals surface area contributed by atoms with Gasteiger partial charge in [0, 0.05) is 32.2 Å². The van der Waals surface area contributed by atoms with Crippen LogP contribution in [0.1, 0.15) is 12.5 Å². The number of anilines is 1. The Labute approximate surface area is 99.7 Å². The van der Waals surface area contributed by atoms with Gasteiger partial charge in [-0.25, -0.2) is 9.78 Å². The summed E-state index contributed by atoms with van der Waals surface area (Å²) < 4.78 is 3.21. The monoisotopic (exact) mass is 232 g/mol. The number of hydrogen-bond acceptors (Lipinski definition) is 3. The van der Waals surface area contributed by atoms with Crippen molar-refractivity contribution in [3.05, 3.63) is 46.8 Å². The number of pyridine rings is 1. The van der Waals surface area contributed by atoms with E-state index < -0.39 is 0 Å². The number of rotatable bonds is 4. The molecule has 90 valence electrons. The second kappa shape index (κ2) is 4.86. The molecule has 5 heteroatoms. The van der Waals surface area contributed by atoms with E-state index in [1.54, 1.807) is 34.8 Å². The predicted octanol–water partition coefficient (Wildman–Crippen LogP) is 1.06. The Kier molecular flexibility index (Phi) is 3.27. The number of nitrogens with one attached hydrogen (secondary N) is 1. The van der Waals surface area contributed by atoms with Gasteiger partial charge in [-0.3, -0.25) is 4.57 Å². The van der Waals surface area contributed by atoms with E-state index in [-0.39, 0.29) is 5.69 Å². The van der Waals surface area contributed by atoms with E-state index >= 15 is 0 Å². The highest BCUT2D eigenvalue weighted by Gasteiger charge is 2.01. The van der Waals surface area contributed by atoms with Gasteiger partial charge in [0.05, 0.1) is 6.54 Å². The number of hydrogen-bond donors (Lipinski definition) is 1. The van der Waals surface area contributed by atoms with Crippen LogP contribution in [0, 0.1) is 0 Å². The number of aromatic nitrogens is 3. The highest BCUT2D eigenvalue weighted by molar-refractivity contribution is 5.35. The molecule has 0 aromatic carbocycles. The van der Waals surface area contributed by atoms with Crippen LogP contribution in [0.2, 0.25) is 0 Å². The zero-order valence-corrected chi connectivity index (χ0v) is 10.1. The molecule has 0 aliphatic carbocycles. The fourth-order valence-corrected chi connectivity index (χ4v) is 1.63. The fraction of sp³-hybridized carbons (Fsp3) is 0.333. The van der Waals surface area contributed by atoms with E-state index in [9.17, 15) is 4.79 Å². The molecule has 0 atom stereocenters. The van der Waals surface area contributed by atoms with Gasteiger partial charge in [0.25, 0.3) is 0 Å². The zero-order chi connectivity index (χ0) is 12.3. The molecule has 0 aliphatic heterocycles. The van der Waals surface area contributed by atoms with Gasteiger partial charge in [-0.05, 0) is 18.6 Å². The summed E-state index contributed by atoms with van der Waals surface area (Å²) in [6, 6.07) is 3.90. The van der Waals surface area contributed by atoms with Gasteiger partial charge in [0.15, 0.2) is 0 Å². The Bertz CT molecular complexity index is 538. The first kappa shape index (κ1) is 11.4. The third kappa shape index (κ3) is 2.55. The molecule has 2 rings (SSSR count). The van der Waals surface area contributed by atoms with Gasteiger partial charge in [0.1, 0.15) is 5.82 Å². The van der Waals surface area contributed by atoms with E-state index in [0.717, 1.165) is 17.9 Å². The normalized spacial score (nSPS) is 10.5. The molecule has 2 aromatic heterocycles. The molecule has 0 amide bonds. The molecule has 0 aliphatic rings. The molecule has 0 bridgehead atoms. The van der Waals surface area contributed by atoms with Crippen molar-refractivity contribution in [2.45, 2.75) is 13.5 Å². The highest BCUT2D eigenvalue weighted by atomic mass is 16.1. The Hall–Kier alpha value is -2.04. The average Bonchev–Trinajstić information content (AvgIpc) is 2.64. The minimum Gasteiger partial charge on any atom is -0.370 e. The van der Waals surface area contributed by atoms with Crippen molar-refractivity contribution in [2.75, 3.05) is 11.9 Å². The summed E-state index contributed by atoms with van der Waals surface area (Å²) in [5.74, 6) is 0.858. The van der Waals surface area contributed by atoms with E-state index in [1.165, 1.54) is 0 Å². The summed E-state index contributed by atoms with van der Waals surface area (Å²) in [5, 5.41) is 3.13. The summed E-state index contributed by atoms with van der Waals surface area (Å²) >= 11 is 0. The number of imidazole rings is 1. The standard InChI is InChI=1S/C12H16N4O/c1-3-13-11-5-4-10(8-14-11)9-16-7-6-15(2)12(16)17/h4-8H,3,9H2,1-2H3,(H,13,14). The molecule has 0 spiro atoms. The van der Waals surface area contributed by atoms with Crippen LogP contribution in [0.25, 0.3) is 0 Å². The summed E-state index contributed by atoms with van der Waals surface area (Å²) in [6.45, 7) is 3.43. The van der Waals surface area contributed by atoms with E-state index in [1.807, 2.05) is 19.1 Å². The SMILES string of the molecule is CCNc1ccc(Cn2ccn(C)c2=O)cn1.